The summed E-state index contributed by atoms with van der Waals surface area (Å²) in [7, 11) is 4.22. The van der Waals surface area contributed by atoms with E-state index in [-0.39, 0.29) is 5.82 Å². The molecule has 0 spiro atoms. The smallest absolute Gasteiger partial charge is 0.129 e. The van der Waals surface area contributed by atoms with Crippen LogP contribution in [-0.2, 0) is 0 Å². The molecule has 1 atom stereocenters. The second-order valence-corrected chi connectivity index (χ2v) is 6.37. The van der Waals surface area contributed by atoms with E-state index in [4.69, 9.17) is 0 Å². The molecule has 118 valence electrons. The minimum Gasteiger partial charge on any atom is -0.387 e. The zero-order valence-electron chi connectivity index (χ0n) is 13.1. The highest BCUT2D eigenvalue weighted by atomic mass is 19.1. The van der Waals surface area contributed by atoms with Gasteiger partial charge in [0.15, 0.2) is 0 Å². The molecule has 0 bridgehead atoms. The van der Waals surface area contributed by atoms with Crippen LogP contribution < -0.4 is 0 Å². The highest BCUT2D eigenvalue weighted by Gasteiger charge is 2.22. The van der Waals surface area contributed by atoms with Crippen molar-refractivity contribution < 1.29 is 9.50 Å². The van der Waals surface area contributed by atoms with Crippen molar-refractivity contribution in [2.24, 2.45) is 5.92 Å². The van der Waals surface area contributed by atoms with E-state index in [1.54, 1.807) is 18.2 Å². The van der Waals surface area contributed by atoms with Crippen molar-refractivity contribution in [2.45, 2.75) is 25.4 Å². The zero-order chi connectivity index (χ0) is 15.2. The summed E-state index contributed by atoms with van der Waals surface area (Å²) < 4.78 is 13.6. The standard InChI is InChI=1S/C17H27FN2O/c1-19(2)10-7-14-8-11-20(12-9-14)13-17(21)15-5-3-4-6-16(15)18/h3-6,14,17,21H,7-13H2,1-2H3. The molecule has 1 aliphatic heterocycles. The fourth-order valence-corrected chi connectivity index (χ4v) is 2.99. The summed E-state index contributed by atoms with van der Waals surface area (Å²) in [4.78, 5) is 4.48. The van der Waals surface area contributed by atoms with Gasteiger partial charge in [0.2, 0.25) is 0 Å². The molecular weight excluding hydrogens is 267 g/mol. The Labute approximate surface area is 127 Å². The average molecular weight is 294 g/mol. The highest BCUT2D eigenvalue weighted by molar-refractivity contribution is 5.20. The molecule has 1 heterocycles. The second-order valence-electron chi connectivity index (χ2n) is 6.37. The Bertz CT molecular complexity index is 431. The van der Waals surface area contributed by atoms with Gasteiger partial charge in [-0.15, -0.1) is 0 Å². The maximum absolute atomic E-state index is 13.6. The lowest BCUT2D eigenvalue weighted by molar-refractivity contribution is 0.0846. The molecular formula is C17H27FN2O. The van der Waals surface area contributed by atoms with Gasteiger partial charge in [-0.1, -0.05) is 18.2 Å². The van der Waals surface area contributed by atoms with E-state index in [9.17, 15) is 9.50 Å². The number of piperidine rings is 1. The third kappa shape index (κ3) is 5.06. The summed E-state index contributed by atoms with van der Waals surface area (Å²) in [6, 6.07) is 6.51. The highest BCUT2D eigenvalue weighted by Crippen LogP contribution is 2.23. The summed E-state index contributed by atoms with van der Waals surface area (Å²) >= 11 is 0. The topological polar surface area (TPSA) is 26.7 Å². The third-order valence-corrected chi connectivity index (χ3v) is 4.39. The van der Waals surface area contributed by atoms with Gasteiger partial charge in [0.1, 0.15) is 5.82 Å². The largest absolute Gasteiger partial charge is 0.387 e. The van der Waals surface area contributed by atoms with Crippen LogP contribution in [-0.4, -0.2) is 55.2 Å². The minimum absolute atomic E-state index is 0.314. The predicted octanol–water partition coefficient (Wildman–Crippen LogP) is 2.52. The van der Waals surface area contributed by atoms with Crippen molar-refractivity contribution in [3.8, 4) is 0 Å². The molecule has 1 unspecified atom stereocenters. The second kappa shape index (κ2) is 7.87. The first-order valence-electron chi connectivity index (χ1n) is 7.86. The number of nitrogens with zero attached hydrogens (tertiary/aromatic N) is 2. The number of aliphatic hydroxyl groups is 1. The van der Waals surface area contributed by atoms with E-state index in [0.29, 0.717) is 12.1 Å². The Balaban J connectivity index is 1.77. The molecule has 2 rings (SSSR count). The molecule has 1 fully saturated rings. The summed E-state index contributed by atoms with van der Waals surface area (Å²) in [5, 5.41) is 10.2. The Morgan fingerprint density at radius 1 is 1.29 bits per heavy atom. The van der Waals surface area contributed by atoms with Crippen molar-refractivity contribution in [1.82, 2.24) is 9.80 Å². The molecule has 1 aromatic rings. The minimum atomic E-state index is -0.732. The lowest BCUT2D eigenvalue weighted by Gasteiger charge is -2.33. The van der Waals surface area contributed by atoms with Crippen LogP contribution in [0.3, 0.4) is 0 Å². The van der Waals surface area contributed by atoms with Crippen molar-refractivity contribution in [3.63, 3.8) is 0 Å². The molecule has 1 aliphatic rings. The zero-order valence-corrected chi connectivity index (χ0v) is 13.1. The van der Waals surface area contributed by atoms with E-state index in [2.05, 4.69) is 23.9 Å². The quantitative estimate of drug-likeness (QED) is 0.873. The van der Waals surface area contributed by atoms with Gasteiger partial charge in [-0.2, -0.15) is 0 Å². The van der Waals surface area contributed by atoms with E-state index in [0.717, 1.165) is 25.6 Å². The van der Waals surface area contributed by atoms with Crippen LogP contribution in [0.4, 0.5) is 4.39 Å². The molecule has 0 amide bonds. The Morgan fingerprint density at radius 2 is 1.95 bits per heavy atom. The fraction of sp³-hybridized carbons (Fsp3) is 0.647. The van der Waals surface area contributed by atoms with Gasteiger partial charge in [0.05, 0.1) is 6.10 Å². The number of aliphatic hydroxyl groups excluding tert-OH is 1. The first-order valence-corrected chi connectivity index (χ1v) is 7.86. The Kier molecular flexibility index (Phi) is 6.15. The van der Waals surface area contributed by atoms with Crippen molar-refractivity contribution in [1.29, 1.82) is 0 Å². The van der Waals surface area contributed by atoms with Crippen molar-refractivity contribution in [2.75, 3.05) is 40.3 Å². The molecule has 21 heavy (non-hydrogen) atoms. The number of benzene rings is 1. The molecule has 1 saturated heterocycles. The van der Waals surface area contributed by atoms with Crippen molar-refractivity contribution in [3.05, 3.63) is 35.6 Å². The average Bonchev–Trinajstić information content (AvgIpc) is 2.47. The lowest BCUT2D eigenvalue weighted by Crippen LogP contribution is -2.37. The van der Waals surface area contributed by atoms with E-state index in [1.165, 1.54) is 25.3 Å². The number of β-amino-alcohol motifs (C(OH)–C–C–N with tert-alkyl or cyclic N) is 1. The van der Waals surface area contributed by atoms with Gasteiger partial charge in [-0.05, 0) is 65.0 Å². The van der Waals surface area contributed by atoms with E-state index < -0.39 is 6.10 Å². The predicted molar refractivity (Wildman–Crippen MR) is 83.7 cm³/mol. The van der Waals surface area contributed by atoms with Gasteiger partial charge in [0.25, 0.3) is 0 Å². The van der Waals surface area contributed by atoms with Crippen LogP contribution in [0.2, 0.25) is 0 Å². The number of hydrogen-bond donors (Lipinski definition) is 1. The van der Waals surface area contributed by atoms with Gasteiger partial charge in [-0.3, -0.25) is 0 Å². The third-order valence-electron chi connectivity index (χ3n) is 4.39. The van der Waals surface area contributed by atoms with Crippen LogP contribution in [0.15, 0.2) is 24.3 Å². The van der Waals surface area contributed by atoms with Gasteiger partial charge >= 0.3 is 0 Å². The van der Waals surface area contributed by atoms with E-state index in [1.807, 2.05) is 0 Å². The maximum Gasteiger partial charge on any atom is 0.129 e. The van der Waals surface area contributed by atoms with Crippen LogP contribution in [0.25, 0.3) is 0 Å². The van der Waals surface area contributed by atoms with Crippen LogP contribution >= 0.6 is 0 Å². The van der Waals surface area contributed by atoms with Crippen LogP contribution in [0.1, 0.15) is 30.9 Å². The summed E-state index contributed by atoms with van der Waals surface area (Å²) in [5.74, 6) is 0.472. The van der Waals surface area contributed by atoms with Crippen molar-refractivity contribution >= 4 is 0 Å². The Morgan fingerprint density at radius 3 is 2.57 bits per heavy atom. The number of halogens is 1. The molecule has 0 aliphatic carbocycles. The number of rotatable bonds is 6. The molecule has 3 nitrogen and oxygen atoms in total. The lowest BCUT2D eigenvalue weighted by atomic mass is 9.93. The normalized spacial score (nSPS) is 19.1. The molecule has 0 aromatic heterocycles. The number of likely N-dealkylation sites (tertiary alicyclic amines) is 1. The first-order chi connectivity index (χ1) is 10.1. The van der Waals surface area contributed by atoms with Gasteiger partial charge in [-0.25, -0.2) is 4.39 Å². The summed E-state index contributed by atoms with van der Waals surface area (Å²) in [6.07, 6.45) is 2.87. The molecule has 0 saturated carbocycles. The first kappa shape index (κ1) is 16.4. The molecule has 0 radical (unpaired) electrons. The van der Waals surface area contributed by atoms with Crippen LogP contribution in [0, 0.1) is 11.7 Å². The monoisotopic (exact) mass is 294 g/mol. The van der Waals surface area contributed by atoms with Crippen LogP contribution in [0.5, 0.6) is 0 Å². The molecule has 1 aromatic carbocycles. The van der Waals surface area contributed by atoms with Gasteiger partial charge < -0.3 is 14.9 Å². The fourth-order valence-electron chi connectivity index (χ4n) is 2.99. The SMILES string of the molecule is CN(C)CCC1CCN(CC(O)c2ccccc2F)CC1. The van der Waals surface area contributed by atoms with E-state index >= 15 is 0 Å². The molecule has 1 N–H and O–H groups in total. The summed E-state index contributed by atoms with van der Waals surface area (Å²) in [6.45, 7) is 3.68. The number of hydrogen-bond acceptors (Lipinski definition) is 3. The summed E-state index contributed by atoms with van der Waals surface area (Å²) in [5.41, 5.74) is 0.409. The molecule has 4 heteroatoms. The maximum atomic E-state index is 13.6. The Hall–Kier alpha value is -0.970. The van der Waals surface area contributed by atoms with Gasteiger partial charge in [0, 0.05) is 12.1 Å².